The SMILES string of the molecule is Cn1nncc1COc1nn2c(-c3ccon3)nnc2cc1C1(C)CCC1. The molecule has 4 aromatic rings. The molecule has 0 bridgehead atoms. The molecule has 10 heteroatoms. The van der Waals surface area contributed by atoms with Crippen LogP contribution in [-0.4, -0.2) is 40.0 Å². The van der Waals surface area contributed by atoms with Crippen molar-refractivity contribution in [2.75, 3.05) is 0 Å². The van der Waals surface area contributed by atoms with Crippen LogP contribution in [-0.2, 0) is 19.1 Å². The standard InChI is InChI=1S/C17H18N8O2/c1-17(5-3-6-17)12-8-14-19-20-15(13-4-7-27-22-13)25(14)21-16(12)26-10-11-9-18-23-24(11)2/h4,7-9H,3,5-6,10H2,1-2H3. The molecule has 4 aromatic heterocycles. The van der Waals surface area contributed by atoms with Crippen molar-refractivity contribution in [2.45, 2.75) is 38.2 Å². The maximum absolute atomic E-state index is 6.10. The molecule has 1 aliphatic carbocycles. The molecule has 0 unspecified atom stereocenters. The van der Waals surface area contributed by atoms with E-state index in [0.29, 0.717) is 29.7 Å². The van der Waals surface area contributed by atoms with Crippen molar-refractivity contribution < 1.29 is 9.26 Å². The van der Waals surface area contributed by atoms with Gasteiger partial charge in [-0.15, -0.1) is 20.4 Å². The molecular weight excluding hydrogens is 348 g/mol. The van der Waals surface area contributed by atoms with Gasteiger partial charge in [0.1, 0.15) is 12.9 Å². The van der Waals surface area contributed by atoms with Crippen molar-refractivity contribution in [3.8, 4) is 17.4 Å². The molecule has 138 valence electrons. The molecule has 0 saturated heterocycles. The van der Waals surface area contributed by atoms with Gasteiger partial charge >= 0.3 is 0 Å². The minimum absolute atomic E-state index is 0.0365. The molecule has 0 radical (unpaired) electrons. The largest absolute Gasteiger partial charge is 0.470 e. The lowest BCUT2D eigenvalue weighted by Gasteiger charge is -2.39. The average molecular weight is 366 g/mol. The summed E-state index contributed by atoms with van der Waals surface area (Å²) in [5, 5.41) is 25.0. The van der Waals surface area contributed by atoms with E-state index in [1.165, 1.54) is 12.7 Å². The van der Waals surface area contributed by atoms with Gasteiger partial charge in [-0.05, 0) is 24.3 Å². The Morgan fingerprint density at radius 2 is 2.19 bits per heavy atom. The third kappa shape index (κ3) is 2.56. The van der Waals surface area contributed by atoms with Crippen molar-refractivity contribution in [3.05, 3.63) is 35.9 Å². The molecule has 27 heavy (non-hydrogen) atoms. The number of fused-ring (bicyclic) bond motifs is 1. The monoisotopic (exact) mass is 366 g/mol. The Labute approximate surface area is 154 Å². The Morgan fingerprint density at radius 1 is 1.30 bits per heavy atom. The van der Waals surface area contributed by atoms with Gasteiger partial charge < -0.3 is 9.26 Å². The number of hydrogen-bond acceptors (Lipinski definition) is 8. The normalized spacial score (nSPS) is 15.8. The van der Waals surface area contributed by atoms with Crippen molar-refractivity contribution >= 4 is 5.65 Å². The second-order valence-electron chi connectivity index (χ2n) is 7.09. The second kappa shape index (κ2) is 5.86. The third-order valence-corrected chi connectivity index (χ3v) is 5.30. The van der Waals surface area contributed by atoms with Crippen molar-refractivity contribution in [3.63, 3.8) is 0 Å². The van der Waals surface area contributed by atoms with Crippen LogP contribution in [0.25, 0.3) is 17.2 Å². The van der Waals surface area contributed by atoms with Crippen LogP contribution in [0.4, 0.5) is 0 Å². The van der Waals surface area contributed by atoms with Crippen LogP contribution in [0.15, 0.2) is 29.1 Å². The first-order valence-electron chi connectivity index (χ1n) is 8.78. The maximum Gasteiger partial charge on any atom is 0.236 e. The zero-order valence-corrected chi connectivity index (χ0v) is 15.0. The predicted octanol–water partition coefficient (Wildman–Crippen LogP) is 1.93. The van der Waals surface area contributed by atoms with Crippen LogP contribution >= 0.6 is 0 Å². The van der Waals surface area contributed by atoms with E-state index in [-0.39, 0.29) is 5.41 Å². The summed E-state index contributed by atoms with van der Waals surface area (Å²) in [6.45, 7) is 2.56. The highest BCUT2D eigenvalue weighted by molar-refractivity contribution is 5.56. The molecule has 0 aromatic carbocycles. The van der Waals surface area contributed by atoms with Crippen LogP contribution < -0.4 is 4.74 Å². The minimum atomic E-state index is 0.0365. The molecular formula is C17H18N8O2. The molecule has 0 amide bonds. The van der Waals surface area contributed by atoms with E-state index in [1.807, 2.05) is 13.1 Å². The number of aromatic nitrogens is 8. The quantitative estimate of drug-likeness (QED) is 0.527. The lowest BCUT2D eigenvalue weighted by molar-refractivity contribution is 0.233. The Hall–Kier alpha value is -3.30. The van der Waals surface area contributed by atoms with E-state index >= 15 is 0 Å². The van der Waals surface area contributed by atoms with Gasteiger partial charge in [0.2, 0.25) is 11.7 Å². The summed E-state index contributed by atoms with van der Waals surface area (Å²) in [4.78, 5) is 0. The second-order valence-corrected chi connectivity index (χ2v) is 7.09. The zero-order valence-electron chi connectivity index (χ0n) is 15.0. The lowest BCUT2D eigenvalue weighted by Crippen LogP contribution is -2.31. The van der Waals surface area contributed by atoms with Crippen LogP contribution in [0, 0.1) is 0 Å². The smallest absolute Gasteiger partial charge is 0.236 e. The van der Waals surface area contributed by atoms with Crippen LogP contribution in [0.1, 0.15) is 37.4 Å². The van der Waals surface area contributed by atoms with Gasteiger partial charge in [0.15, 0.2) is 11.3 Å². The highest BCUT2D eigenvalue weighted by Gasteiger charge is 2.37. The highest BCUT2D eigenvalue weighted by Crippen LogP contribution is 2.46. The number of aryl methyl sites for hydroxylation is 1. The van der Waals surface area contributed by atoms with E-state index < -0.39 is 0 Å². The summed E-state index contributed by atoms with van der Waals surface area (Å²) in [5.41, 5.74) is 3.18. The topological polar surface area (TPSA) is 109 Å². The summed E-state index contributed by atoms with van der Waals surface area (Å²) in [6, 6.07) is 3.74. The molecule has 1 aliphatic rings. The fraction of sp³-hybridized carbons (Fsp3) is 0.412. The summed E-state index contributed by atoms with van der Waals surface area (Å²) < 4.78 is 14.3. The Bertz CT molecular complexity index is 1090. The van der Waals surface area contributed by atoms with Crippen molar-refractivity contribution in [2.24, 2.45) is 7.05 Å². The maximum atomic E-state index is 6.10. The van der Waals surface area contributed by atoms with Crippen LogP contribution in [0.3, 0.4) is 0 Å². The van der Waals surface area contributed by atoms with Gasteiger partial charge in [0.25, 0.3) is 0 Å². The van der Waals surface area contributed by atoms with Crippen molar-refractivity contribution in [1.82, 2.24) is 40.0 Å². The fourth-order valence-corrected chi connectivity index (χ4v) is 3.40. The van der Waals surface area contributed by atoms with E-state index in [0.717, 1.165) is 24.1 Å². The molecule has 4 heterocycles. The fourth-order valence-electron chi connectivity index (χ4n) is 3.40. The molecule has 10 nitrogen and oxygen atoms in total. The molecule has 0 N–H and O–H groups in total. The van der Waals surface area contributed by atoms with Gasteiger partial charge in [-0.2, -0.15) is 4.52 Å². The van der Waals surface area contributed by atoms with E-state index in [9.17, 15) is 0 Å². The van der Waals surface area contributed by atoms with E-state index in [4.69, 9.17) is 14.4 Å². The number of nitrogens with zero attached hydrogens (tertiary/aromatic N) is 8. The molecule has 0 aliphatic heterocycles. The summed E-state index contributed by atoms with van der Waals surface area (Å²) in [6.07, 6.45) is 6.57. The summed E-state index contributed by atoms with van der Waals surface area (Å²) >= 11 is 0. The van der Waals surface area contributed by atoms with Crippen LogP contribution in [0.2, 0.25) is 0 Å². The molecule has 1 fully saturated rings. The van der Waals surface area contributed by atoms with Crippen LogP contribution in [0.5, 0.6) is 5.88 Å². The molecule has 1 saturated carbocycles. The predicted molar refractivity (Wildman–Crippen MR) is 92.8 cm³/mol. The first-order chi connectivity index (χ1) is 13.1. The molecule has 0 spiro atoms. The average Bonchev–Trinajstić information content (AvgIpc) is 3.37. The molecule has 5 rings (SSSR count). The number of hydrogen-bond donors (Lipinski definition) is 0. The first kappa shape index (κ1) is 15.9. The highest BCUT2D eigenvalue weighted by atomic mass is 16.5. The lowest BCUT2D eigenvalue weighted by atomic mass is 9.66. The van der Waals surface area contributed by atoms with Gasteiger partial charge in [0.05, 0.1) is 11.9 Å². The van der Waals surface area contributed by atoms with Gasteiger partial charge in [-0.25, -0.2) is 4.68 Å². The minimum Gasteiger partial charge on any atom is -0.470 e. The Balaban J connectivity index is 1.60. The Morgan fingerprint density at radius 3 is 2.85 bits per heavy atom. The summed E-state index contributed by atoms with van der Waals surface area (Å²) in [5.74, 6) is 1.08. The number of ether oxygens (including phenoxy) is 1. The zero-order chi connectivity index (χ0) is 18.4. The summed E-state index contributed by atoms with van der Waals surface area (Å²) in [7, 11) is 1.83. The number of rotatable bonds is 5. The third-order valence-electron chi connectivity index (χ3n) is 5.30. The van der Waals surface area contributed by atoms with E-state index in [2.05, 4.69) is 32.6 Å². The van der Waals surface area contributed by atoms with Crippen molar-refractivity contribution in [1.29, 1.82) is 0 Å². The molecule has 0 atom stereocenters. The van der Waals surface area contributed by atoms with Gasteiger partial charge in [0, 0.05) is 18.7 Å². The van der Waals surface area contributed by atoms with Gasteiger partial charge in [-0.1, -0.05) is 23.7 Å². The first-order valence-corrected chi connectivity index (χ1v) is 8.78. The van der Waals surface area contributed by atoms with E-state index in [1.54, 1.807) is 21.5 Å². The van der Waals surface area contributed by atoms with Gasteiger partial charge in [-0.3, -0.25) is 0 Å². The Kier molecular flexibility index (Phi) is 3.46.